The van der Waals surface area contributed by atoms with Crippen LogP contribution in [0.4, 0.5) is 5.69 Å². The number of carbonyl (C=O) groups is 2. The van der Waals surface area contributed by atoms with E-state index in [1.807, 2.05) is 54.6 Å². The molecule has 3 aromatic rings. The smallest absolute Gasteiger partial charge is 0.243 e. The zero-order chi connectivity index (χ0) is 31.5. The number of sulfonamides is 1. The van der Waals surface area contributed by atoms with Crippen LogP contribution in [0.1, 0.15) is 49.7 Å². The molecular formula is C34H43N3O6S. The summed E-state index contributed by atoms with van der Waals surface area (Å²) in [5, 5.41) is 3.21. The Bertz CT molecular complexity index is 1470. The van der Waals surface area contributed by atoms with Gasteiger partial charge in [-0.1, -0.05) is 55.3 Å². The highest BCUT2D eigenvalue weighted by atomic mass is 32.2. The van der Waals surface area contributed by atoms with E-state index in [9.17, 15) is 18.0 Å². The normalized spacial score (nSPS) is 14.1. The number of nitrogens with zero attached hydrogens (tertiary/aromatic N) is 2. The Labute approximate surface area is 261 Å². The van der Waals surface area contributed by atoms with E-state index in [0.29, 0.717) is 23.6 Å². The second-order valence-electron chi connectivity index (χ2n) is 11.2. The van der Waals surface area contributed by atoms with Gasteiger partial charge in [0.1, 0.15) is 17.5 Å². The van der Waals surface area contributed by atoms with Gasteiger partial charge in [-0.15, -0.1) is 0 Å². The Morgan fingerprint density at radius 1 is 0.886 bits per heavy atom. The van der Waals surface area contributed by atoms with E-state index >= 15 is 0 Å². The third-order valence-corrected chi connectivity index (χ3v) is 9.17. The lowest BCUT2D eigenvalue weighted by Crippen LogP contribution is -2.52. The number of amides is 2. The summed E-state index contributed by atoms with van der Waals surface area (Å²) >= 11 is 0. The van der Waals surface area contributed by atoms with E-state index in [4.69, 9.17) is 9.47 Å². The number of ether oxygens (including phenoxy) is 2. The molecule has 0 unspecified atom stereocenters. The van der Waals surface area contributed by atoms with Gasteiger partial charge in [0.2, 0.25) is 21.8 Å². The molecule has 1 aliphatic carbocycles. The standard InChI is InChI=1S/C34H43N3O6S/c1-42-30-20-18-29(19-21-30)37(44(3,40)41)22-10-17-33(38)36(25-27-13-9-16-31(23-27)43-2)32(24-26-11-5-4-6-12-26)34(39)35-28-14-7-8-15-28/h4-6,9,11-13,16,18-21,23,28,32H,7-8,10,14-15,17,22,24-25H2,1-3H3,(H,35,39)/t32-/m1/s1. The number of hydrogen-bond acceptors (Lipinski definition) is 6. The zero-order valence-corrected chi connectivity index (χ0v) is 26.6. The molecule has 0 aromatic heterocycles. The maximum atomic E-state index is 14.1. The van der Waals surface area contributed by atoms with Crippen molar-refractivity contribution in [1.82, 2.24) is 10.2 Å². The molecule has 1 fully saturated rings. The molecule has 0 saturated heterocycles. The minimum Gasteiger partial charge on any atom is -0.497 e. The first-order valence-electron chi connectivity index (χ1n) is 15.1. The number of rotatable bonds is 15. The van der Waals surface area contributed by atoms with Crippen LogP contribution in [0, 0.1) is 0 Å². The van der Waals surface area contributed by atoms with Crippen molar-refractivity contribution >= 4 is 27.5 Å². The van der Waals surface area contributed by atoms with Crippen molar-refractivity contribution in [3.63, 3.8) is 0 Å². The minimum absolute atomic E-state index is 0.0636. The van der Waals surface area contributed by atoms with Gasteiger partial charge in [-0.25, -0.2) is 8.42 Å². The van der Waals surface area contributed by atoms with Gasteiger partial charge in [-0.3, -0.25) is 13.9 Å². The van der Waals surface area contributed by atoms with Gasteiger partial charge in [0, 0.05) is 32.0 Å². The molecule has 0 bridgehead atoms. The summed E-state index contributed by atoms with van der Waals surface area (Å²) in [6, 6.07) is 23.3. The SMILES string of the molecule is COc1ccc(N(CCCC(=O)N(Cc2cccc(OC)c2)[C@H](Cc2ccccc2)C(=O)NC2CCCC2)S(C)(=O)=O)cc1. The van der Waals surface area contributed by atoms with E-state index in [1.165, 1.54) is 4.31 Å². The fourth-order valence-electron chi connectivity index (χ4n) is 5.64. The fraction of sp³-hybridized carbons (Fsp3) is 0.412. The highest BCUT2D eigenvalue weighted by Crippen LogP contribution is 2.24. The Morgan fingerprint density at radius 3 is 2.18 bits per heavy atom. The van der Waals surface area contributed by atoms with Crippen LogP contribution in [0.5, 0.6) is 11.5 Å². The molecule has 44 heavy (non-hydrogen) atoms. The Balaban J connectivity index is 1.59. The lowest BCUT2D eigenvalue weighted by molar-refractivity contribution is -0.141. The van der Waals surface area contributed by atoms with E-state index in [-0.39, 0.29) is 43.8 Å². The molecule has 1 aliphatic rings. The number of carbonyl (C=O) groups excluding carboxylic acids is 2. The minimum atomic E-state index is -3.61. The van der Waals surface area contributed by atoms with Gasteiger partial charge in [-0.2, -0.15) is 0 Å². The van der Waals surface area contributed by atoms with E-state index in [1.54, 1.807) is 43.4 Å². The van der Waals surface area contributed by atoms with Crippen LogP contribution in [0.3, 0.4) is 0 Å². The van der Waals surface area contributed by atoms with Crippen LogP contribution >= 0.6 is 0 Å². The van der Waals surface area contributed by atoms with E-state index in [0.717, 1.165) is 43.1 Å². The van der Waals surface area contributed by atoms with Crippen molar-refractivity contribution in [3.05, 3.63) is 90.0 Å². The first kappa shape index (κ1) is 32.9. The molecule has 0 spiro atoms. The largest absolute Gasteiger partial charge is 0.497 e. The molecule has 2 amide bonds. The summed E-state index contributed by atoms with van der Waals surface area (Å²) in [6.07, 6.45) is 5.86. The molecule has 0 radical (unpaired) electrons. The molecule has 0 aliphatic heterocycles. The second kappa shape index (κ2) is 15.6. The number of methoxy groups -OCH3 is 2. The molecule has 3 aromatic carbocycles. The number of hydrogen-bond donors (Lipinski definition) is 1. The summed E-state index contributed by atoms with van der Waals surface area (Å²) < 4.78 is 37.3. The molecule has 9 nitrogen and oxygen atoms in total. The molecule has 236 valence electrons. The maximum absolute atomic E-state index is 14.1. The average molecular weight is 622 g/mol. The molecule has 1 N–H and O–H groups in total. The van der Waals surface area contributed by atoms with Crippen molar-refractivity contribution in [2.75, 3.05) is 31.3 Å². The lowest BCUT2D eigenvalue weighted by atomic mass is 10.0. The van der Waals surface area contributed by atoms with E-state index in [2.05, 4.69) is 5.32 Å². The third kappa shape index (κ3) is 9.22. The predicted octanol–water partition coefficient (Wildman–Crippen LogP) is 4.95. The van der Waals surface area contributed by atoms with Crippen LogP contribution in [0.25, 0.3) is 0 Å². The third-order valence-electron chi connectivity index (χ3n) is 7.97. The quantitative estimate of drug-likeness (QED) is 0.258. The summed E-state index contributed by atoms with van der Waals surface area (Å²) in [5.74, 6) is 0.880. The predicted molar refractivity (Wildman–Crippen MR) is 172 cm³/mol. The molecule has 1 saturated carbocycles. The Morgan fingerprint density at radius 2 is 1.55 bits per heavy atom. The Kier molecular flexibility index (Phi) is 11.7. The number of benzene rings is 3. The van der Waals surface area contributed by atoms with Crippen molar-refractivity contribution in [2.24, 2.45) is 0 Å². The van der Waals surface area contributed by atoms with Gasteiger partial charge >= 0.3 is 0 Å². The number of nitrogens with one attached hydrogen (secondary N) is 1. The highest BCUT2D eigenvalue weighted by Gasteiger charge is 2.32. The maximum Gasteiger partial charge on any atom is 0.243 e. The van der Waals surface area contributed by atoms with Crippen molar-refractivity contribution in [1.29, 1.82) is 0 Å². The van der Waals surface area contributed by atoms with Gasteiger partial charge in [0.25, 0.3) is 0 Å². The van der Waals surface area contributed by atoms with E-state index < -0.39 is 16.1 Å². The van der Waals surface area contributed by atoms with Crippen LogP contribution in [-0.4, -0.2) is 64.2 Å². The topological polar surface area (TPSA) is 105 Å². The summed E-state index contributed by atoms with van der Waals surface area (Å²) in [7, 11) is -0.470. The van der Waals surface area contributed by atoms with Crippen molar-refractivity contribution < 1.29 is 27.5 Å². The zero-order valence-electron chi connectivity index (χ0n) is 25.8. The molecule has 1 atom stereocenters. The summed E-state index contributed by atoms with van der Waals surface area (Å²) in [6.45, 7) is 0.321. The van der Waals surface area contributed by atoms with Crippen LogP contribution < -0.4 is 19.1 Å². The summed E-state index contributed by atoms with van der Waals surface area (Å²) in [4.78, 5) is 29.6. The Hall–Kier alpha value is -4.05. The molecule has 10 heteroatoms. The first-order chi connectivity index (χ1) is 21.2. The molecular weight excluding hydrogens is 578 g/mol. The molecule has 0 heterocycles. The van der Waals surface area contributed by atoms with Crippen molar-refractivity contribution in [2.45, 2.75) is 63.6 Å². The molecule has 4 rings (SSSR count). The van der Waals surface area contributed by atoms with Gasteiger partial charge in [0.15, 0.2) is 0 Å². The van der Waals surface area contributed by atoms with Gasteiger partial charge < -0.3 is 19.7 Å². The van der Waals surface area contributed by atoms with Crippen molar-refractivity contribution in [3.8, 4) is 11.5 Å². The van der Waals surface area contributed by atoms with Crippen LogP contribution in [0.15, 0.2) is 78.9 Å². The lowest BCUT2D eigenvalue weighted by Gasteiger charge is -2.33. The van der Waals surface area contributed by atoms with Crippen LogP contribution in [0.2, 0.25) is 0 Å². The highest BCUT2D eigenvalue weighted by molar-refractivity contribution is 7.92. The van der Waals surface area contributed by atoms with Gasteiger partial charge in [0.05, 0.1) is 26.2 Å². The van der Waals surface area contributed by atoms with Gasteiger partial charge in [-0.05, 0) is 66.8 Å². The summed E-state index contributed by atoms with van der Waals surface area (Å²) in [5.41, 5.74) is 2.28. The number of anilines is 1. The fourth-order valence-corrected chi connectivity index (χ4v) is 6.61. The van der Waals surface area contributed by atoms with Crippen LogP contribution in [-0.2, 0) is 32.6 Å². The second-order valence-corrected chi connectivity index (χ2v) is 13.1. The first-order valence-corrected chi connectivity index (χ1v) is 16.9. The monoisotopic (exact) mass is 621 g/mol. The average Bonchev–Trinajstić information content (AvgIpc) is 3.54.